The number of hydrogen-bond donors (Lipinski definition) is 4. The number of amides is 2. The molecule has 2 aromatic rings. The number of non-ortho nitro benzene ring substituents is 1. The molecule has 6 rings (SSSR count). The number of rotatable bonds is 15. The number of hydrogen-bond acceptors (Lipinski definition) is 10. The van der Waals surface area contributed by atoms with Gasteiger partial charge in [0, 0.05) is 53.4 Å². The second-order valence-corrected chi connectivity index (χ2v) is 16.8. The van der Waals surface area contributed by atoms with Crippen LogP contribution in [0.1, 0.15) is 76.7 Å². The van der Waals surface area contributed by atoms with Gasteiger partial charge in [-0.25, -0.2) is 0 Å². The lowest BCUT2D eigenvalue weighted by atomic mass is 9.45. The summed E-state index contributed by atoms with van der Waals surface area (Å²) in [5.41, 5.74) is 1.70. The number of nitro benzene ring substituents is 1. The van der Waals surface area contributed by atoms with Crippen LogP contribution >= 0.6 is 0 Å². The fourth-order valence-corrected chi connectivity index (χ4v) is 9.29. The lowest BCUT2D eigenvalue weighted by Crippen LogP contribution is -2.62. The van der Waals surface area contributed by atoms with Gasteiger partial charge in [0.25, 0.3) is 11.6 Å². The molecule has 4 aliphatic rings. The molecule has 9 atom stereocenters. The highest BCUT2D eigenvalue weighted by Gasteiger charge is 2.57. The highest BCUT2D eigenvalue weighted by atomic mass is 16.7. The largest absolute Gasteiger partial charge is 0.496 e. The molecule has 0 radical (unpaired) electrons. The number of likely N-dealkylation sites (N-methyl/N-ethyl adjacent to an activating group) is 1. The predicted octanol–water partition coefficient (Wildman–Crippen LogP) is 4.64. The van der Waals surface area contributed by atoms with E-state index in [1.54, 1.807) is 25.1 Å². The second-order valence-electron chi connectivity index (χ2n) is 16.8. The third-order valence-corrected chi connectivity index (χ3v) is 12.1. The number of benzene rings is 2. The van der Waals surface area contributed by atoms with Crippen molar-refractivity contribution in [3.8, 4) is 16.9 Å². The Bertz CT molecular complexity index is 1640. The predicted molar refractivity (Wildman–Crippen MR) is 202 cm³/mol. The first-order valence-electron chi connectivity index (χ1n) is 18.9. The van der Waals surface area contributed by atoms with Crippen LogP contribution in [-0.2, 0) is 16.2 Å². The lowest BCUT2D eigenvalue weighted by molar-refractivity contribution is -0.384. The summed E-state index contributed by atoms with van der Waals surface area (Å²) in [7, 11) is 5.35. The van der Waals surface area contributed by atoms with E-state index in [2.05, 4.69) is 45.3 Å². The van der Waals surface area contributed by atoms with E-state index in [1.165, 1.54) is 30.7 Å². The van der Waals surface area contributed by atoms with Gasteiger partial charge in [-0.15, -0.1) is 0 Å². The molecule has 0 aromatic heterocycles. The van der Waals surface area contributed by atoms with Crippen LogP contribution in [0.25, 0.3) is 11.1 Å². The Morgan fingerprint density at radius 3 is 2.45 bits per heavy atom. The zero-order valence-electron chi connectivity index (χ0n) is 32.7. The normalized spacial score (nSPS) is 27.6. The number of methoxy groups -OCH3 is 1. The summed E-state index contributed by atoms with van der Waals surface area (Å²) in [5, 5.41) is 41.2. The highest BCUT2D eigenvalue weighted by molar-refractivity contribution is 5.97. The van der Waals surface area contributed by atoms with Gasteiger partial charge >= 0.3 is 0 Å². The second kappa shape index (κ2) is 16.4. The average Bonchev–Trinajstić information content (AvgIpc) is 3.46. The molecular formula is C40H59N5O8. The van der Waals surface area contributed by atoms with Crippen LogP contribution in [0, 0.1) is 45.1 Å². The Labute approximate surface area is 313 Å². The van der Waals surface area contributed by atoms with Gasteiger partial charge in [0.1, 0.15) is 17.9 Å². The molecule has 2 bridgehead atoms. The van der Waals surface area contributed by atoms with E-state index in [0.29, 0.717) is 52.7 Å². The molecule has 292 valence electrons. The number of para-hydroxylation sites is 1. The Hall–Kier alpha value is -3.62. The standard InChI is InChI=1S/C40H59N5O8/c1-22(2)13-29(20-43(7)8)41-38(48)27-14-26(15-30(16-27)45(50)51)31-12-10-11-25(37(31)52-9)19-44-36(35(24(4)47)34(21-46)53-44)39(49)42-33-18-28-17-32(23(33)3)40(28,5)6/h10-12,14-16,22-24,28-29,32-36,46-47H,13,17-21H2,1-9H3,(H,41,48)(H,42,49)/t23-,24-,28+,29-,32+,33-,34-,35+,36-/m0/s1. The highest BCUT2D eigenvalue weighted by Crippen LogP contribution is 2.61. The van der Waals surface area contributed by atoms with Gasteiger partial charge < -0.3 is 30.5 Å². The molecule has 13 heteroatoms. The first kappa shape index (κ1) is 40.6. The minimum atomic E-state index is -0.954. The van der Waals surface area contributed by atoms with Crippen molar-refractivity contribution in [1.82, 2.24) is 20.6 Å². The van der Waals surface area contributed by atoms with E-state index >= 15 is 0 Å². The molecule has 53 heavy (non-hydrogen) atoms. The van der Waals surface area contributed by atoms with E-state index in [-0.39, 0.29) is 41.2 Å². The van der Waals surface area contributed by atoms with E-state index < -0.39 is 41.6 Å². The van der Waals surface area contributed by atoms with Gasteiger partial charge in [-0.1, -0.05) is 52.8 Å². The maximum atomic E-state index is 14.2. The van der Waals surface area contributed by atoms with Crippen molar-refractivity contribution >= 4 is 17.5 Å². The first-order chi connectivity index (χ1) is 25.0. The van der Waals surface area contributed by atoms with Crippen LogP contribution < -0.4 is 15.4 Å². The number of aliphatic hydroxyl groups excluding tert-OH is 2. The number of aliphatic hydroxyl groups is 2. The van der Waals surface area contributed by atoms with E-state index in [0.717, 1.165) is 12.8 Å². The summed E-state index contributed by atoms with van der Waals surface area (Å²) in [5.74, 6) is 0.681. The summed E-state index contributed by atoms with van der Waals surface area (Å²) in [6.07, 6.45) is 1.03. The van der Waals surface area contributed by atoms with Gasteiger partial charge in [-0.3, -0.25) is 24.5 Å². The summed E-state index contributed by atoms with van der Waals surface area (Å²) in [6, 6.07) is 8.59. The van der Waals surface area contributed by atoms with Crippen LogP contribution in [-0.4, -0.2) is 102 Å². The van der Waals surface area contributed by atoms with Gasteiger partial charge in [0.2, 0.25) is 5.91 Å². The number of hydroxylamine groups is 2. The molecular weight excluding hydrogens is 678 g/mol. The van der Waals surface area contributed by atoms with Gasteiger partial charge in [-0.2, -0.15) is 5.06 Å². The summed E-state index contributed by atoms with van der Waals surface area (Å²) in [4.78, 5) is 47.6. The molecule has 0 unspecified atom stereocenters. The molecule has 3 aliphatic carbocycles. The van der Waals surface area contributed by atoms with Crippen molar-refractivity contribution in [2.45, 2.75) is 97.7 Å². The van der Waals surface area contributed by atoms with E-state index in [9.17, 15) is 29.9 Å². The van der Waals surface area contributed by atoms with Gasteiger partial charge in [0.05, 0.1) is 31.3 Å². The fraction of sp³-hybridized carbons (Fsp3) is 0.650. The molecule has 13 nitrogen and oxygen atoms in total. The van der Waals surface area contributed by atoms with Crippen molar-refractivity contribution in [1.29, 1.82) is 0 Å². The summed E-state index contributed by atoms with van der Waals surface area (Å²) < 4.78 is 5.93. The van der Waals surface area contributed by atoms with Crippen molar-refractivity contribution in [2.75, 3.05) is 34.4 Å². The molecule has 2 aromatic carbocycles. The van der Waals surface area contributed by atoms with Gasteiger partial charge in [0.15, 0.2) is 0 Å². The summed E-state index contributed by atoms with van der Waals surface area (Å²) >= 11 is 0. The average molecular weight is 738 g/mol. The third kappa shape index (κ3) is 8.54. The minimum absolute atomic E-state index is 0.00869. The van der Waals surface area contributed by atoms with Crippen LogP contribution in [0.4, 0.5) is 5.69 Å². The van der Waals surface area contributed by atoms with E-state index in [1.807, 2.05) is 25.1 Å². The number of carbonyl (C=O) groups is 2. The quantitative estimate of drug-likeness (QED) is 0.150. The molecule has 1 saturated heterocycles. The number of fused-ring (bicyclic) bond motifs is 2. The number of nitrogens with one attached hydrogen (secondary N) is 2. The van der Waals surface area contributed by atoms with Crippen LogP contribution in [0.2, 0.25) is 0 Å². The maximum Gasteiger partial charge on any atom is 0.270 e. The third-order valence-electron chi connectivity index (χ3n) is 12.1. The van der Waals surface area contributed by atoms with Crippen LogP contribution in [0.5, 0.6) is 5.75 Å². The van der Waals surface area contributed by atoms with Crippen molar-refractivity contribution in [3.63, 3.8) is 0 Å². The number of nitro groups is 1. The molecule has 4 N–H and O–H groups in total. The molecule has 4 fully saturated rings. The van der Waals surface area contributed by atoms with E-state index in [4.69, 9.17) is 9.57 Å². The maximum absolute atomic E-state index is 14.2. The monoisotopic (exact) mass is 737 g/mol. The zero-order chi connectivity index (χ0) is 38.9. The Morgan fingerprint density at radius 2 is 1.89 bits per heavy atom. The molecule has 2 amide bonds. The lowest BCUT2D eigenvalue weighted by Gasteiger charge is -2.62. The van der Waals surface area contributed by atoms with Crippen molar-refractivity contribution in [2.24, 2.45) is 35.0 Å². The zero-order valence-corrected chi connectivity index (χ0v) is 32.7. The SMILES string of the molecule is COc1c(CN2O[C@@H](CO)[C@@H]([C@H](C)O)[C@H]2C(=O)N[C@H]2C[C@H]3C[C@H]([C@@H]2C)C3(C)C)cccc1-c1cc(C(=O)N[C@@H](CC(C)C)CN(C)C)cc([N+](=O)[O-])c1. The van der Waals surface area contributed by atoms with Crippen LogP contribution in [0.3, 0.4) is 0 Å². The molecule has 1 heterocycles. The first-order valence-corrected chi connectivity index (χ1v) is 18.9. The number of nitrogens with zero attached hydrogens (tertiary/aromatic N) is 3. The Morgan fingerprint density at radius 1 is 1.17 bits per heavy atom. The smallest absolute Gasteiger partial charge is 0.270 e. The molecule has 0 spiro atoms. The van der Waals surface area contributed by atoms with Crippen molar-refractivity contribution < 1.29 is 34.3 Å². The number of carbonyl (C=O) groups excluding carboxylic acids is 2. The Balaban J connectivity index is 1.45. The fourth-order valence-electron chi connectivity index (χ4n) is 9.29. The molecule has 1 aliphatic heterocycles. The number of ether oxygens (including phenoxy) is 1. The van der Waals surface area contributed by atoms with Crippen LogP contribution in [0.15, 0.2) is 36.4 Å². The summed E-state index contributed by atoms with van der Waals surface area (Å²) in [6.45, 7) is 12.9. The van der Waals surface area contributed by atoms with Gasteiger partial charge in [-0.05, 0) is 81.0 Å². The topological polar surface area (TPSA) is 167 Å². The molecule has 3 saturated carbocycles. The Kier molecular flexibility index (Phi) is 12.6. The minimum Gasteiger partial charge on any atom is -0.496 e. The van der Waals surface area contributed by atoms with Crippen molar-refractivity contribution in [3.05, 3.63) is 57.6 Å².